The molecule has 8 heteroatoms. The maximum absolute atomic E-state index is 14.0. The minimum atomic E-state index is -2.90. The van der Waals surface area contributed by atoms with Gasteiger partial charge in [0.2, 0.25) is 0 Å². The van der Waals surface area contributed by atoms with Crippen molar-refractivity contribution in [2.45, 2.75) is 13.3 Å². The summed E-state index contributed by atoms with van der Waals surface area (Å²) in [6, 6.07) is 31.6. The molecular weight excluding hydrogens is 512 g/mol. The van der Waals surface area contributed by atoms with Gasteiger partial charge in [-0.3, -0.25) is 4.79 Å². The molecule has 4 aromatic carbocycles. The van der Waals surface area contributed by atoms with Crippen molar-refractivity contribution >= 4 is 23.9 Å². The van der Waals surface area contributed by atoms with Crippen LogP contribution >= 0.6 is 0 Å². The first-order chi connectivity index (χ1) is 19.4. The van der Waals surface area contributed by atoms with Crippen molar-refractivity contribution < 1.29 is 38.1 Å². The lowest BCUT2D eigenvalue weighted by Crippen LogP contribution is -2.59. The minimum absolute atomic E-state index is 0.0446. The molecule has 40 heavy (non-hydrogen) atoms. The number of carbonyl (C=O) groups excluding carboxylic acids is 4. The molecule has 1 unspecified atom stereocenters. The number of para-hydroxylation sites is 4. The normalized spacial score (nSPS) is 11.5. The second kappa shape index (κ2) is 13.0. The third-order valence-electron chi connectivity index (χ3n) is 6.00. The van der Waals surface area contributed by atoms with Crippen LogP contribution in [0.1, 0.15) is 13.3 Å². The van der Waals surface area contributed by atoms with E-state index in [1.165, 1.54) is 55.5 Å². The smallest absolute Gasteiger partial charge is 0.341 e. The lowest BCUT2D eigenvalue weighted by Gasteiger charge is -2.32. The van der Waals surface area contributed by atoms with E-state index in [-0.39, 0.29) is 29.4 Å². The Kier molecular flexibility index (Phi) is 9.04. The van der Waals surface area contributed by atoms with Crippen LogP contribution in [-0.2, 0) is 19.2 Å². The molecule has 0 aliphatic heterocycles. The topological polar surface area (TPSA) is 105 Å². The van der Waals surface area contributed by atoms with Crippen LogP contribution in [0.2, 0.25) is 0 Å². The Bertz CT molecular complexity index is 1310. The molecule has 0 aliphatic rings. The second-order valence-corrected chi connectivity index (χ2v) is 8.61. The van der Waals surface area contributed by atoms with Crippen LogP contribution in [0.4, 0.5) is 0 Å². The molecule has 202 valence electrons. The van der Waals surface area contributed by atoms with E-state index in [9.17, 15) is 19.2 Å². The monoisotopic (exact) mass is 538 g/mol. The predicted octanol–water partition coefficient (Wildman–Crippen LogP) is 5.42. The van der Waals surface area contributed by atoms with Gasteiger partial charge in [0.1, 0.15) is 23.0 Å². The van der Waals surface area contributed by atoms with Crippen LogP contribution in [0.3, 0.4) is 0 Å². The van der Waals surface area contributed by atoms with Crippen molar-refractivity contribution in [3.8, 4) is 23.0 Å². The average Bonchev–Trinajstić information content (AvgIpc) is 2.97. The SMILES string of the molecule is CCC(C(=O)Oc1ccccc1)C(C(=O)Oc1ccccc1)(C(=O)Oc1ccccc1)C(=O)Oc1ccccc1. The summed E-state index contributed by atoms with van der Waals surface area (Å²) in [5.74, 6) is -6.46. The van der Waals surface area contributed by atoms with Crippen molar-refractivity contribution in [3.05, 3.63) is 121 Å². The summed E-state index contributed by atoms with van der Waals surface area (Å²) in [5.41, 5.74) is -2.90. The zero-order valence-corrected chi connectivity index (χ0v) is 21.6. The Morgan fingerprint density at radius 2 is 0.775 bits per heavy atom. The molecule has 0 radical (unpaired) electrons. The highest BCUT2D eigenvalue weighted by Crippen LogP contribution is 2.38. The van der Waals surface area contributed by atoms with E-state index >= 15 is 0 Å². The van der Waals surface area contributed by atoms with E-state index in [1.807, 2.05) is 0 Å². The van der Waals surface area contributed by atoms with Gasteiger partial charge in [-0.1, -0.05) is 79.7 Å². The zero-order valence-electron chi connectivity index (χ0n) is 21.6. The Balaban J connectivity index is 1.85. The summed E-state index contributed by atoms with van der Waals surface area (Å²) in [5, 5.41) is 0. The van der Waals surface area contributed by atoms with Gasteiger partial charge in [-0.25, -0.2) is 14.4 Å². The highest BCUT2D eigenvalue weighted by atomic mass is 16.6. The number of hydrogen-bond acceptors (Lipinski definition) is 8. The summed E-state index contributed by atoms with van der Waals surface area (Å²) < 4.78 is 22.1. The zero-order chi connectivity index (χ0) is 28.4. The highest BCUT2D eigenvalue weighted by molar-refractivity contribution is 6.21. The van der Waals surface area contributed by atoms with Gasteiger partial charge in [0.15, 0.2) is 0 Å². The predicted molar refractivity (Wildman–Crippen MR) is 145 cm³/mol. The van der Waals surface area contributed by atoms with Crippen LogP contribution in [0, 0.1) is 11.3 Å². The molecular formula is C32H26O8. The number of rotatable bonds is 10. The Morgan fingerprint density at radius 3 is 1.05 bits per heavy atom. The molecule has 4 aromatic rings. The summed E-state index contributed by atoms with van der Waals surface area (Å²) >= 11 is 0. The first-order valence-electron chi connectivity index (χ1n) is 12.5. The number of benzene rings is 4. The van der Waals surface area contributed by atoms with E-state index < -0.39 is 35.2 Å². The number of esters is 4. The van der Waals surface area contributed by atoms with Gasteiger partial charge in [-0.2, -0.15) is 0 Å². The molecule has 1 atom stereocenters. The van der Waals surface area contributed by atoms with Crippen LogP contribution in [0.25, 0.3) is 0 Å². The molecule has 0 amide bonds. The Morgan fingerprint density at radius 1 is 0.500 bits per heavy atom. The average molecular weight is 539 g/mol. The third-order valence-corrected chi connectivity index (χ3v) is 6.00. The fourth-order valence-corrected chi connectivity index (χ4v) is 4.03. The molecule has 0 heterocycles. The second-order valence-electron chi connectivity index (χ2n) is 8.61. The summed E-state index contributed by atoms with van der Waals surface area (Å²) in [6.45, 7) is 1.53. The summed E-state index contributed by atoms with van der Waals surface area (Å²) in [7, 11) is 0. The Labute approximate surface area is 231 Å². The fraction of sp³-hybridized carbons (Fsp3) is 0.125. The quantitative estimate of drug-likeness (QED) is 0.150. The van der Waals surface area contributed by atoms with Crippen molar-refractivity contribution in [1.29, 1.82) is 0 Å². The van der Waals surface area contributed by atoms with Crippen molar-refractivity contribution in [2.75, 3.05) is 0 Å². The minimum Gasteiger partial charge on any atom is -0.426 e. The molecule has 0 saturated heterocycles. The van der Waals surface area contributed by atoms with Gasteiger partial charge >= 0.3 is 23.9 Å². The van der Waals surface area contributed by atoms with E-state index in [2.05, 4.69) is 0 Å². The summed E-state index contributed by atoms with van der Waals surface area (Å²) in [6.07, 6.45) is -0.177. The summed E-state index contributed by atoms with van der Waals surface area (Å²) in [4.78, 5) is 55.7. The Hall–Kier alpha value is -5.24. The van der Waals surface area contributed by atoms with Gasteiger partial charge in [0, 0.05) is 0 Å². The van der Waals surface area contributed by atoms with Gasteiger partial charge in [0.25, 0.3) is 5.41 Å². The van der Waals surface area contributed by atoms with Crippen molar-refractivity contribution in [1.82, 2.24) is 0 Å². The number of hydrogen-bond donors (Lipinski definition) is 0. The molecule has 0 fully saturated rings. The van der Waals surface area contributed by atoms with Crippen LogP contribution in [-0.4, -0.2) is 23.9 Å². The van der Waals surface area contributed by atoms with Gasteiger partial charge in [-0.05, 0) is 55.0 Å². The van der Waals surface area contributed by atoms with Crippen molar-refractivity contribution in [3.63, 3.8) is 0 Å². The molecule has 0 aromatic heterocycles. The van der Waals surface area contributed by atoms with E-state index in [0.717, 1.165) is 0 Å². The molecule has 0 aliphatic carbocycles. The first kappa shape index (κ1) is 27.8. The van der Waals surface area contributed by atoms with Gasteiger partial charge in [-0.15, -0.1) is 0 Å². The highest BCUT2D eigenvalue weighted by Gasteiger charge is 2.65. The number of ether oxygens (including phenoxy) is 4. The number of carbonyl (C=O) groups is 4. The molecule has 0 saturated carbocycles. The largest absolute Gasteiger partial charge is 0.426 e. The first-order valence-corrected chi connectivity index (χ1v) is 12.5. The fourth-order valence-electron chi connectivity index (χ4n) is 4.03. The van der Waals surface area contributed by atoms with E-state index in [0.29, 0.717) is 0 Å². The maximum Gasteiger partial charge on any atom is 0.341 e. The van der Waals surface area contributed by atoms with Gasteiger partial charge in [0.05, 0.1) is 5.92 Å². The molecule has 0 bridgehead atoms. The van der Waals surface area contributed by atoms with Gasteiger partial charge < -0.3 is 18.9 Å². The molecule has 8 nitrogen and oxygen atoms in total. The van der Waals surface area contributed by atoms with Crippen molar-refractivity contribution in [2.24, 2.45) is 11.3 Å². The molecule has 0 spiro atoms. The van der Waals surface area contributed by atoms with E-state index in [1.54, 1.807) is 72.8 Å². The van der Waals surface area contributed by atoms with Crippen LogP contribution in [0.5, 0.6) is 23.0 Å². The lowest BCUT2D eigenvalue weighted by atomic mass is 9.73. The third kappa shape index (κ3) is 6.24. The van der Waals surface area contributed by atoms with Crippen LogP contribution < -0.4 is 18.9 Å². The standard InChI is InChI=1S/C32H26O8/c1-2-27(28(33)37-23-15-7-3-8-16-23)32(29(34)38-24-17-9-4-10-18-24,30(35)39-25-19-11-5-12-20-25)31(36)40-26-21-13-6-14-22-26/h3-22,27H,2H2,1H3. The molecule has 0 N–H and O–H groups in total. The maximum atomic E-state index is 14.0. The lowest BCUT2D eigenvalue weighted by molar-refractivity contribution is -0.181. The van der Waals surface area contributed by atoms with Crippen LogP contribution in [0.15, 0.2) is 121 Å². The van der Waals surface area contributed by atoms with E-state index in [4.69, 9.17) is 18.9 Å². The molecule has 4 rings (SSSR count).